The van der Waals surface area contributed by atoms with Gasteiger partial charge in [0, 0.05) is 33.3 Å². The van der Waals surface area contributed by atoms with Crippen molar-refractivity contribution in [3.05, 3.63) is 150 Å². The minimum Gasteiger partial charge on any atom is -0.457 e. The van der Waals surface area contributed by atoms with Crippen molar-refractivity contribution in [1.82, 2.24) is 5.32 Å². The highest BCUT2D eigenvalue weighted by molar-refractivity contribution is 8.00. The fraction of sp³-hybridized carbons (Fsp3) is 0.0294. The molecule has 0 spiro atoms. The van der Waals surface area contributed by atoms with E-state index in [0.29, 0.717) is 28.3 Å². The van der Waals surface area contributed by atoms with Crippen LogP contribution in [0.5, 0.6) is 0 Å². The number of rotatable bonds is 10. The Kier molecular flexibility index (Phi) is 9.06. The van der Waals surface area contributed by atoms with Crippen molar-refractivity contribution in [3.63, 3.8) is 0 Å². The van der Waals surface area contributed by atoms with Gasteiger partial charge in [-0.15, -0.1) is 11.8 Å². The predicted molar refractivity (Wildman–Crippen MR) is 163 cm³/mol. The van der Waals surface area contributed by atoms with Crippen molar-refractivity contribution >= 4 is 41.1 Å². The van der Waals surface area contributed by atoms with E-state index in [-0.39, 0.29) is 17.2 Å². The first-order valence-corrected chi connectivity index (χ1v) is 14.0. The van der Waals surface area contributed by atoms with Gasteiger partial charge in [-0.25, -0.2) is 4.39 Å². The molecular weight excluding hydrogens is 551 g/mol. The smallest absolute Gasteiger partial charge is 0.272 e. The molecule has 42 heavy (non-hydrogen) atoms. The molecule has 0 aliphatic rings. The Labute approximate surface area is 246 Å². The molecule has 2 amide bonds. The Morgan fingerprint density at radius 3 is 2.10 bits per heavy atom. The van der Waals surface area contributed by atoms with Crippen molar-refractivity contribution in [2.75, 3.05) is 11.1 Å². The molecule has 5 rings (SSSR count). The first-order valence-electron chi connectivity index (χ1n) is 13.0. The zero-order valence-electron chi connectivity index (χ0n) is 22.3. The number of benzene rings is 4. The average molecular weight is 577 g/mol. The van der Waals surface area contributed by atoms with Crippen molar-refractivity contribution < 1.29 is 23.2 Å². The van der Waals surface area contributed by atoms with Gasteiger partial charge < -0.3 is 15.1 Å². The maximum Gasteiger partial charge on any atom is 0.272 e. The Balaban J connectivity index is 1.29. The number of amides is 2. The molecule has 0 radical (unpaired) electrons. The number of thioether (sulfide) groups is 1. The summed E-state index contributed by atoms with van der Waals surface area (Å²) >= 11 is 1.33. The molecule has 208 valence electrons. The van der Waals surface area contributed by atoms with Crippen molar-refractivity contribution in [1.29, 1.82) is 0 Å². The van der Waals surface area contributed by atoms with Crippen LogP contribution in [-0.2, 0) is 4.79 Å². The third-order valence-corrected chi connectivity index (χ3v) is 7.16. The van der Waals surface area contributed by atoms with Crippen LogP contribution < -0.4 is 10.6 Å². The van der Waals surface area contributed by atoms with Crippen LogP contribution in [0.4, 0.5) is 10.1 Å². The minimum absolute atomic E-state index is 0.00107. The summed E-state index contributed by atoms with van der Waals surface area (Å²) < 4.78 is 19.0. The topological polar surface area (TPSA) is 88.4 Å². The van der Waals surface area contributed by atoms with Gasteiger partial charge in [0.2, 0.25) is 0 Å². The second kappa shape index (κ2) is 13.4. The summed E-state index contributed by atoms with van der Waals surface area (Å²) in [6, 6.07) is 34.1. The minimum atomic E-state index is -0.538. The van der Waals surface area contributed by atoms with Gasteiger partial charge in [0.25, 0.3) is 11.8 Å². The van der Waals surface area contributed by atoms with Gasteiger partial charge in [0.1, 0.15) is 23.0 Å². The van der Waals surface area contributed by atoms with E-state index in [1.54, 1.807) is 66.7 Å². The number of halogens is 1. The van der Waals surface area contributed by atoms with Crippen molar-refractivity contribution in [2.24, 2.45) is 0 Å². The average Bonchev–Trinajstić information content (AvgIpc) is 3.50. The Bertz CT molecular complexity index is 1720. The normalized spacial score (nSPS) is 11.1. The third kappa shape index (κ3) is 7.50. The second-order valence-electron chi connectivity index (χ2n) is 9.14. The number of hydrogen-bond acceptors (Lipinski definition) is 5. The summed E-state index contributed by atoms with van der Waals surface area (Å²) in [6.45, 7) is 0. The second-order valence-corrected chi connectivity index (χ2v) is 10.2. The van der Waals surface area contributed by atoms with Gasteiger partial charge >= 0.3 is 0 Å². The summed E-state index contributed by atoms with van der Waals surface area (Å²) in [5.74, 6) is -0.283. The lowest BCUT2D eigenvalue weighted by atomic mass is 10.1. The van der Waals surface area contributed by atoms with E-state index >= 15 is 0 Å². The number of furan rings is 1. The van der Waals surface area contributed by atoms with Crippen molar-refractivity contribution in [2.45, 2.75) is 4.90 Å². The van der Waals surface area contributed by atoms with Crippen LogP contribution in [0.25, 0.3) is 17.4 Å². The van der Waals surface area contributed by atoms with Gasteiger partial charge in [-0.1, -0.05) is 48.5 Å². The number of carbonyl (C=O) groups is 3. The molecule has 0 saturated heterocycles. The number of anilines is 1. The molecule has 6 nitrogen and oxygen atoms in total. The molecule has 0 atom stereocenters. The summed E-state index contributed by atoms with van der Waals surface area (Å²) in [5.41, 5.74) is 2.22. The van der Waals surface area contributed by atoms with Crippen LogP contribution >= 0.6 is 11.8 Å². The van der Waals surface area contributed by atoms with Gasteiger partial charge in [0.15, 0.2) is 5.78 Å². The summed E-state index contributed by atoms with van der Waals surface area (Å²) in [6.07, 6.45) is 1.48. The van der Waals surface area contributed by atoms with Crippen molar-refractivity contribution in [3.8, 4) is 11.3 Å². The monoisotopic (exact) mass is 576 g/mol. The predicted octanol–water partition coefficient (Wildman–Crippen LogP) is 7.47. The van der Waals surface area contributed by atoms with E-state index in [2.05, 4.69) is 10.6 Å². The Hall–Kier alpha value is -5.21. The third-order valence-electron chi connectivity index (χ3n) is 6.15. The van der Waals surface area contributed by atoms with Crippen LogP contribution in [-0.4, -0.2) is 23.4 Å². The van der Waals surface area contributed by atoms with E-state index in [4.69, 9.17) is 4.42 Å². The van der Waals surface area contributed by atoms with Crippen LogP contribution in [0.1, 0.15) is 26.5 Å². The lowest BCUT2D eigenvalue weighted by Crippen LogP contribution is -2.30. The number of Topliss-reactive ketones (excluding diaryl/α,β-unsaturated/α-hetero) is 1. The molecule has 4 aromatic carbocycles. The molecule has 1 heterocycles. The quantitative estimate of drug-likeness (QED) is 0.102. The van der Waals surface area contributed by atoms with E-state index in [0.717, 1.165) is 10.5 Å². The van der Waals surface area contributed by atoms with Gasteiger partial charge in [-0.05, 0) is 72.8 Å². The van der Waals surface area contributed by atoms with E-state index < -0.39 is 17.6 Å². The lowest BCUT2D eigenvalue weighted by Gasteiger charge is -2.11. The highest BCUT2D eigenvalue weighted by atomic mass is 32.2. The molecule has 1 aromatic heterocycles. The molecule has 0 saturated carbocycles. The maximum atomic E-state index is 13.3. The molecule has 0 unspecified atom stereocenters. The Morgan fingerprint density at radius 1 is 0.738 bits per heavy atom. The fourth-order valence-electron chi connectivity index (χ4n) is 3.97. The van der Waals surface area contributed by atoms with E-state index in [1.807, 2.05) is 30.3 Å². The van der Waals surface area contributed by atoms with Gasteiger partial charge in [-0.2, -0.15) is 0 Å². The molecule has 2 N–H and O–H groups in total. The SMILES string of the molecule is O=C(Nc1ccc(SCC(=O)c2ccc(F)cc2)cc1)/C(=C/c1ccc(-c2ccccc2)o1)NC(=O)c1ccccc1. The number of hydrogen-bond donors (Lipinski definition) is 2. The fourth-order valence-corrected chi connectivity index (χ4v) is 4.77. The molecule has 8 heteroatoms. The van der Waals surface area contributed by atoms with Crippen LogP contribution in [0.15, 0.2) is 136 Å². The van der Waals surface area contributed by atoms with E-state index in [1.165, 1.54) is 42.1 Å². The number of carbonyl (C=O) groups excluding carboxylic acids is 3. The first kappa shape index (κ1) is 28.3. The molecule has 0 aliphatic carbocycles. The molecule has 0 fully saturated rings. The number of nitrogens with one attached hydrogen (secondary N) is 2. The highest BCUT2D eigenvalue weighted by Crippen LogP contribution is 2.24. The van der Waals surface area contributed by atoms with Crippen LogP contribution in [0.3, 0.4) is 0 Å². The standard InChI is InChI=1S/C34H25FN2O4S/c35-26-13-11-23(12-14-26)31(38)22-42-29-18-15-27(16-19-29)36-34(40)30(37-33(39)25-9-5-2-6-10-25)21-28-17-20-32(41-28)24-7-3-1-4-8-24/h1-21H,22H2,(H,36,40)(H,37,39)/b30-21-. The zero-order valence-corrected chi connectivity index (χ0v) is 23.1. The summed E-state index contributed by atoms with van der Waals surface area (Å²) in [5, 5.41) is 5.50. The van der Waals surface area contributed by atoms with Gasteiger partial charge in [-0.3, -0.25) is 14.4 Å². The van der Waals surface area contributed by atoms with E-state index in [9.17, 15) is 18.8 Å². The summed E-state index contributed by atoms with van der Waals surface area (Å²) in [4.78, 5) is 39.4. The maximum absolute atomic E-state index is 13.3. The lowest BCUT2D eigenvalue weighted by molar-refractivity contribution is -0.113. The molecule has 5 aromatic rings. The summed E-state index contributed by atoms with van der Waals surface area (Å²) in [7, 11) is 0. The molecular formula is C34H25FN2O4S. The Morgan fingerprint density at radius 2 is 1.40 bits per heavy atom. The number of ketones is 1. The van der Waals surface area contributed by atoms with Crippen LogP contribution in [0, 0.1) is 5.82 Å². The molecule has 0 bridgehead atoms. The first-order chi connectivity index (χ1) is 20.4. The van der Waals surface area contributed by atoms with Crippen LogP contribution in [0.2, 0.25) is 0 Å². The molecule has 0 aliphatic heterocycles. The zero-order chi connectivity index (χ0) is 29.3. The highest BCUT2D eigenvalue weighted by Gasteiger charge is 2.16. The largest absolute Gasteiger partial charge is 0.457 e. The van der Waals surface area contributed by atoms with Gasteiger partial charge in [0.05, 0.1) is 5.75 Å².